The summed E-state index contributed by atoms with van der Waals surface area (Å²) in [6.45, 7) is 0.542. The zero-order chi connectivity index (χ0) is 27.3. The minimum absolute atomic E-state index is 0.116. The second-order valence-corrected chi connectivity index (χ2v) is 8.27. The van der Waals surface area contributed by atoms with Crippen LogP contribution in [0.25, 0.3) is 0 Å². The van der Waals surface area contributed by atoms with Gasteiger partial charge in [0.1, 0.15) is 37.1 Å². The van der Waals surface area contributed by atoms with Crippen molar-refractivity contribution in [3.63, 3.8) is 0 Å². The summed E-state index contributed by atoms with van der Waals surface area (Å²) in [7, 11) is 0. The number of rotatable bonds is 12. The number of hydrogen-bond acceptors (Lipinski definition) is 9. The second kappa shape index (κ2) is 13.8. The van der Waals surface area contributed by atoms with Crippen molar-refractivity contribution >= 4 is 18.6 Å². The quantitative estimate of drug-likeness (QED) is 0.167. The van der Waals surface area contributed by atoms with Gasteiger partial charge in [0.15, 0.2) is 0 Å². The first kappa shape index (κ1) is 26.7. The highest BCUT2D eigenvalue weighted by atomic mass is 16.6. The van der Waals surface area contributed by atoms with E-state index in [1.54, 1.807) is 0 Å². The summed E-state index contributed by atoms with van der Waals surface area (Å²) >= 11 is 0. The summed E-state index contributed by atoms with van der Waals surface area (Å²) in [6.07, 6.45) is 3.41. The highest BCUT2D eigenvalue weighted by Crippen LogP contribution is 2.39. The molecular weight excluding hydrogens is 498 g/mol. The van der Waals surface area contributed by atoms with Gasteiger partial charge in [-0.2, -0.15) is 0 Å². The van der Waals surface area contributed by atoms with E-state index in [-0.39, 0.29) is 36.5 Å². The fourth-order valence-electron chi connectivity index (χ4n) is 3.47. The highest BCUT2D eigenvalue weighted by molar-refractivity contribution is 6.03. The Morgan fingerprint density at radius 1 is 0.436 bits per heavy atom. The zero-order valence-electron chi connectivity index (χ0n) is 20.9. The molecule has 0 amide bonds. The van der Waals surface area contributed by atoms with E-state index in [2.05, 4.69) is 15.5 Å². The molecule has 9 heteroatoms. The first-order valence-corrected chi connectivity index (χ1v) is 12.0. The minimum atomic E-state index is -0.480. The third-order valence-electron chi connectivity index (χ3n) is 5.52. The molecule has 4 aromatic rings. The maximum absolute atomic E-state index is 10.8. The van der Waals surface area contributed by atoms with Crippen LogP contribution in [-0.4, -0.2) is 34.0 Å². The first-order chi connectivity index (χ1) is 19.1. The van der Waals surface area contributed by atoms with Crippen LogP contribution < -0.4 is 0 Å². The van der Waals surface area contributed by atoms with Gasteiger partial charge in [-0.25, -0.2) is 0 Å². The first-order valence-electron chi connectivity index (χ1n) is 12.0. The van der Waals surface area contributed by atoms with Gasteiger partial charge in [-0.05, 0) is 16.7 Å². The molecule has 4 aromatic carbocycles. The smallest absolute Gasteiger partial charge is 0.142 e. The summed E-state index contributed by atoms with van der Waals surface area (Å²) in [5.74, 6) is -1.44. The summed E-state index contributed by atoms with van der Waals surface area (Å²) in [5, 5.41) is 44.1. The third-order valence-corrected chi connectivity index (χ3v) is 5.52. The third kappa shape index (κ3) is 7.59. The van der Waals surface area contributed by atoms with E-state index in [0.29, 0.717) is 0 Å². The molecule has 3 N–H and O–H groups in total. The van der Waals surface area contributed by atoms with Crippen LogP contribution >= 0.6 is 0 Å². The van der Waals surface area contributed by atoms with E-state index in [0.717, 1.165) is 35.3 Å². The second-order valence-electron chi connectivity index (χ2n) is 8.27. The van der Waals surface area contributed by atoms with E-state index in [9.17, 15) is 15.3 Å². The van der Waals surface area contributed by atoms with E-state index >= 15 is 0 Å². The van der Waals surface area contributed by atoms with Crippen LogP contribution in [0.3, 0.4) is 0 Å². The van der Waals surface area contributed by atoms with Crippen molar-refractivity contribution < 1.29 is 29.8 Å². The number of nitrogens with zero attached hydrogens (tertiary/aromatic N) is 3. The number of oxime groups is 3. The van der Waals surface area contributed by atoms with Crippen LogP contribution in [0.4, 0.5) is 0 Å². The molecule has 0 aliphatic rings. The largest absolute Gasteiger partial charge is 0.506 e. The van der Waals surface area contributed by atoms with Gasteiger partial charge in [-0.1, -0.05) is 106 Å². The van der Waals surface area contributed by atoms with Crippen molar-refractivity contribution in [1.82, 2.24) is 0 Å². The molecule has 0 saturated carbocycles. The molecule has 0 aromatic heterocycles. The summed E-state index contributed by atoms with van der Waals surface area (Å²) in [4.78, 5) is 15.9. The van der Waals surface area contributed by atoms with E-state index in [1.165, 1.54) is 0 Å². The SMILES string of the molecule is Oc1c(/C=N/OCc2ccccc2)c(O)c(/C=N/OCc2ccccc2)c(O)c1/C=N/OCc1ccccc1. The van der Waals surface area contributed by atoms with E-state index < -0.39 is 17.2 Å². The van der Waals surface area contributed by atoms with Crippen LogP contribution in [0.15, 0.2) is 106 Å². The Kier molecular flexibility index (Phi) is 9.50. The highest BCUT2D eigenvalue weighted by Gasteiger charge is 2.21. The van der Waals surface area contributed by atoms with Crippen LogP contribution in [0, 0.1) is 0 Å². The van der Waals surface area contributed by atoms with Crippen LogP contribution in [-0.2, 0) is 34.3 Å². The summed E-state index contributed by atoms with van der Waals surface area (Å²) < 4.78 is 0. The minimum Gasteiger partial charge on any atom is -0.506 e. The van der Waals surface area contributed by atoms with Crippen molar-refractivity contribution in [2.75, 3.05) is 0 Å². The summed E-state index contributed by atoms with van der Waals surface area (Å²) in [6, 6.07) is 28.1. The number of benzene rings is 4. The number of phenols is 3. The van der Waals surface area contributed by atoms with E-state index in [4.69, 9.17) is 14.5 Å². The molecule has 0 saturated heterocycles. The van der Waals surface area contributed by atoms with Crippen LogP contribution in [0.1, 0.15) is 33.4 Å². The van der Waals surface area contributed by atoms with Gasteiger partial charge in [0.2, 0.25) is 0 Å². The van der Waals surface area contributed by atoms with Crippen LogP contribution in [0.5, 0.6) is 17.2 Å². The molecule has 0 aliphatic heterocycles. The topological polar surface area (TPSA) is 125 Å². The van der Waals surface area contributed by atoms with E-state index in [1.807, 2.05) is 91.0 Å². The van der Waals surface area contributed by atoms with Crippen LogP contribution in [0.2, 0.25) is 0 Å². The molecule has 0 fully saturated rings. The fourth-order valence-corrected chi connectivity index (χ4v) is 3.47. The molecule has 0 aliphatic carbocycles. The Morgan fingerprint density at radius 3 is 0.949 bits per heavy atom. The van der Waals surface area contributed by atoms with Crippen molar-refractivity contribution in [2.45, 2.75) is 19.8 Å². The van der Waals surface area contributed by atoms with Crippen molar-refractivity contribution in [3.05, 3.63) is 124 Å². The lowest BCUT2D eigenvalue weighted by molar-refractivity contribution is 0.132. The maximum atomic E-state index is 10.8. The lowest BCUT2D eigenvalue weighted by Gasteiger charge is -2.12. The van der Waals surface area contributed by atoms with Crippen molar-refractivity contribution in [3.8, 4) is 17.2 Å². The average molecular weight is 526 g/mol. The molecule has 39 heavy (non-hydrogen) atoms. The Hall–Kier alpha value is -5.31. The van der Waals surface area contributed by atoms with Gasteiger partial charge < -0.3 is 29.8 Å². The van der Waals surface area contributed by atoms with Gasteiger partial charge in [0, 0.05) is 0 Å². The molecule has 0 heterocycles. The predicted molar refractivity (Wildman–Crippen MR) is 148 cm³/mol. The fraction of sp³-hybridized carbons (Fsp3) is 0.100. The molecule has 0 spiro atoms. The molecule has 4 rings (SSSR count). The Morgan fingerprint density at radius 2 is 0.692 bits per heavy atom. The summed E-state index contributed by atoms with van der Waals surface area (Å²) in [5.41, 5.74) is 2.32. The average Bonchev–Trinajstić information content (AvgIpc) is 2.97. The molecule has 0 atom stereocenters. The molecule has 0 bridgehead atoms. The number of phenolic OH excluding ortho intramolecular Hbond substituents is 3. The molecule has 198 valence electrons. The number of hydrogen-bond donors (Lipinski definition) is 3. The Balaban J connectivity index is 1.56. The monoisotopic (exact) mass is 525 g/mol. The number of aromatic hydroxyl groups is 3. The molecule has 0 radical (unpaired) electrons. The normalized spacial score (nSPS) is 11.4. The van der Waals surface area contributed by atoms with Gasteiger partial charge >= 0.3 is 0 Å². The van der Waals surface area contributed by atoms with Crippen molar-refractivity contribution in [1.29, 1.82) is 0 Å². The lowest BCUT2D eigenvalue weighted by atomic mass is 10.0. The Bertz CT molecular complexity index is 1230. The lowest BCUT2D eigenvalue weighted by Crippen LogP contribution is -1.99. The zero-order valence-corrected chi connectivity index (χ0v) is 20.9. The standard InChI is InChI=1S/C30H27N3O6/c34-28-25(16-31-37-19-22-10-4-1-5-11-22)29(35)27(18-33-39-21-24-14-8-3-9-15-24)30(36)26(28)17-32-38-20-23-12-6-2-7-13-23/h1-18,34-36H,19-21H2/b31-16+,32-17+,33-18+. The van der Waals surface area contributed by atoms with Gasteiger partial charge in [-0.15, -0.1) is 0 Å². The predicted octanol–water partition coefficient (Wildman–Crippen LogP) is 5.46. The Labute approximate surface area is 225 Å². The molecule has 0 unspecified atom stereocenters. The van der Waals surface area contributed by atoms with Gasteiger partial charge in [-0.3, -0.25) is 0 Å². The van der Waals surface area contributed by atoms with Gasteiger partial charge in [0.25, 0.3) is 0 Å². The molecule has 9 nitrogen and oxygen atoms in total. The molecular formula is C30H27N3O6. The maximum Gasteiger partial charge on any atom is 0.142 e. The van der Waals surface area contributed by atoms with Gasteiger partial charge in [0.05, 0.1) is 35.3 Å². The van der Waals surface area contributed by atoms with Crippen molar-refractivity contribution in [2.24, 2.45) is 15.5 Å².